The Labute approximate surface area is 81.9 Å². The zero-order valence-corrected chi connectivity index (χ0v) is 8.04. The normalized spacial score (nSPS) is 14.2. The predicted octanol–water partition coefficient (Wildman–Crippen LogP) is 1.53. The van der Waals surface area contributed by atoms with Gasteiger partial charge >= 0.3 is 0 Å². The number of nitrogens with zero attached hydrogens (tertiary/aromatic N) is 1. The molecule has 0 spiro atoms. The van der Waals surface area contributed by atoms with E-state index in [9.17, 15) is 4.39 Å². The Bertz CT molecular complexity index is 382. The van der Waals surface area contributed by atoms with Crippen molar-refractivity contribution in [1.29, 1.82) is 5.26 Å². The summed E-state index contributed by atoms with van der Waals surface area (Å²) in [5.74, 6) is -0.376. The highest BCUT2D eigenvalue weighted by Gasteiger charge is 2.21. The summed E-state index contributed by atoms with van der Waals surface area (Å²) < 4.78 is 18.0. The molecule has 0 saturated heterocycles. The molecule has 0 aliphatic rings. The van der Waals surface area contributed by atoms with Crippen molar-refractivity contribution in [3.05, 3.63) is 29.6 Å². The maximum absolute atomic E-state index is 13.2. The van der Waals surface area contributed by atoms with Gasteiger partial charge in [-0.15, -0.1) is 0 Å². The second-order valence-electron chi connectivity index (χ2n) is 3.16. The SMILES string of the molecule is COc1ccc([C@](C)(N)C#N)cc1F. The highest BCUT2D eigenvalue weighted by molar-refractivity contribution is 5.36. The number of rotatable bonds is 2. The van der Waals surface area contributed by atoms with Gasteiger partial charge in [0.1, 0.15) is 5.54 Å². The number of methoxy groups -OCH3 is 1. The van der Waals surface area contributed by atoms with Crippen molar-refractivity contribution in [2.45, 2.75) is 12.5 Å². The summed E-state index contributed by atoms with van der Waals surface area (Å²) in [6, 6.07) is 6.13. The third-order valence-electron chi connectivity index (χ3n) is 1.98. The van der Waals surface area contributed by atoms with Crippen LogP contribution in [0.2, 0.25) is 0 Å². The molecule has 0 saturated carbocycles. The van der Waals surface area contributed by atoms with E-state index in [2.05, 4.69) is 0 Å². The van der Waals surface area contributed by atoms with Crippen LogP contribution in [0.5, 0.6) is 5.75 Å². The molecule has 2 N–H and O–H groups in total. The van der Waals surface area contributed by atoms with Gasteiger partial charge in [0.2, 0.25) is 0 Å². The molecule has 1 rings (SSSR count). The second kappa shape index (κ2) is 3.64. The summed E-state index contributed by atoms with van der Waals surface area (Å²) in [7, 11) is 1.38. The van der Waals surface area contributed by atoms with Gasteiger partial charge in [0.15, 0.2) is 11.6 Å². The lowest BCUT2D eigenvalue weighted by Gasteiger charge is -2.16. The van der Waals surface area contributed by atoms with Crippen molar-refractivity contribution in [1.82, 2.24) is 0 Å². The molecule has 0 aliphatic heterocycles. The number of nitrogens with two attached hydrogens (primary N) is 1. The molecule has 0 amide bonds. The average molecular weight is 194 g/mol. The van der Waals surface area contributed by atoms with Gasteiger partial charge in [-0.3, -0.25) is 0 Å². The lowest BCUT2D eigenvalue weighted by molar-refractivity contribution is 0.385. The molecule has 0 fully saturated rings. The summed E-state index contributed by atoms with van der Waals surface area (Å²) in [4.78, 5) is 0. The fraction of sp³-hybridized carbons (Fsp3) is 0.300. The van der Waals surface area contributed by atoms with E-state index in [1.807, 2.05) is 6.07 Å². The van der Waals surface area contributed by atoms with Crippen LogP contribution < -0.4 is 10.5 Å². The van der Waals surface area contributed by atoms with Crippen LogP contribution in [0.3, 0.4) is 0 Å². The Morgan fingerprint density at radius 1 is 1.57 bits per heavy atom. The zero-order valence-electron chi connectivity index (χ0n) is 8.04. The summed E-state index contributed by atoms with van der Waals surface area (Å²) in [5.41, 5.74) is 4.88. The van der Waals surface area contributed by atoms with Gasteiger partial charge in [0, 0.05) is 0 Å². The Hall–Kier alpha value is -1.60. The summed E-state index contributed by atoms with van der Waals surface area (Å²) in [6.45, 7) is 1.52. The molecular weight excluding hydrogens is 183 g/mol. The minimum atomic E-state index is -1.17. The lowest BCUT2D eigenvalue weighted by atomic mass is 9.95. The maximum atomic E-state index is 13.2. The van der Waals surface area contributed by atoms with Crippen LogP contribution in [-0.4, -0.2) is 7.11 Å². The standard InChI is InChI=1S/C10H11FN2O/c1-10(13,6-12)7-3-4-9(14-2)8(11)5-7/h3-5H,13H2,1-2H3/t10-/m1/s1. The highest BCUT2D eigenvalue weighted by atomic mass is 19.1. The third-order valence-corrected chi connectivity index (χ3v) is 1.98. The van der Waals surface area contributed by atoms with Crippen LogP contribution in [-0.2, 0) is 5.54 Å². The fourth-order valence-corrected chi connectivity index (χ4v) is 1.05. The Morgan fingerprint density at radius 2 is 2.21 bits per heavy atom. The van der Waals surface area contributed by atoms with E-state index in [0.717, 1.165) is 0 Å². The highest BCUT2D eigenvalue weighted by Crippen LogP contribution is 2.23. The van der Waals surface area contributed by atoms with Crippen molar-refractivity contribution in [3.63, 3.8) is 0 Å². The Kier molecular flexibility index (Phi) is 2.73. The van der Waals surface area contributed by atoms with Crippen LogP contribution in [0, 0.1) is 17.1 Å². The lowest BCUT2D eigenvalue weighted by Crippen LogP contribution is -2.30. The molecule has 1 atom stereocenters. The average Bonchev–Trinajstić information content (AvgIpc) is 2.17. The number of nitriles is 1. The molecule has 0 aliphatic carbocycles. The molecule has 0 aromatic heterocycles. The second-order valence-corrected chi connectivity index (χ2v) is 3.16. The molecule has 3 nitrogen and oxygen atoms in total. The first-order valence-corrected chi connectivity index (χ1v) is 4.05. The molecule has 1 aromatic carbocycles. The first-order chi connectivity index (χ1) is 6.51. The molecule has 0 unspecified atom stereocenters. The van der Waals surface area contributed by atoms with E-state index in [-0.39, 0.29) is 5.75 Å². The van der Waals surface area contributed by atoms with Crippen LogP contribution >= 0.6 is 0 Å². The van der Waals surface area contributed by atoms with E-state index < -0.39 is 11.4 Å². The molecule has 14 heavy (non-hydrogen) atoms. The van der Waals surface area contributed by atoms with Crippen LogP contribution in [0.4, 0.5) is 4.39 Å². The van der Waals surface area contributed by atoms with Crippen LogP contribution in [0.1, 0.15) is 12.5 Å². The van der Waals surface area contributed by atoms with Crippen molar-refractivity contribution in [2.24, 2.45) is 5.73 Å². The topological polar surface area (TPSA) is 59.0 Å². The molecule has 0 radical (unpaired) electrons. The molecule has 74 valence electrons. The van der Waals surface area contributed by atoms with Gasteiger partial charge in [-0.2, -0.15) is 5.26 Å². The number of ether oxygens (including phenoxy) is 1. The first kappa shape index (κ1) is 10.5. The number of benzene rings is 1. The monoisotopic (exact) mass is 194 g/mol. The van der Waals surface area contributed by atoms with E-state index in [4.69, 9.17) is 15.7 Å². The van der Waals surface area contributed by atoms with Gasteiger partial charge in [0.25, 0.3) is 0 Å². The van der Waals surface area contributed by atoms with Gasteiger partial charge in [0.05, 0.1) is 13.2 Å². The first-order valence-electron chi connectivity index (χ1n) is 4.05. The fourth-order valence-electron chi connectivity index (χ4n) is 1.05. The largest absolute Gasteiger partial charge is 0.494 e. The summed E-state index contributed by atoms with van der Waals surface area (Å²) in [5, 5.41) is 8.74. The quantitative estimate of drug-likeness (QED) is 0.776. The molecule has 0 heterocycles. The molecule has 0 bridgehead atoms. The maximum Gasteiger partial charge on any atom is 0.165 e. The van der Waals surface area contributed by atoms with Gasteiger partial charge in [-0.1, -0.05) is 6.07 Å². The number of halogens is 1. The molecule has 1 aromatic rings. The van der Waals surface area contributed by atoms with Crippen LogP contribution in [0.15, 0.2) is 18.2 Å². The van der Waals surface area contributed by atoms with Gasteiger partial charge in [-0.05, 0) is 24.6 Å². The summed E-state index contributed by atoms with van der Waals surface area (Å²) >= 11 is 0. The van der Waals surface area contributed by atoms with Crippen molar-refractivity contribution in [2.75, 3.05) is 7.11 Å². The van der Waals surface area contributed by atoms with E-state index >= 15 is 0 Å². The number of hydrogen-bond acceptors (Lipinski definition) is 3. The smallest absolute Gasteiger partial charge is 0.165 e. The minimum absolute atomic E-state index is 0.141. The zero-order chi connectivity index (χ0) is 10.8. The van der Waals surface area contributed by atoms with E-state index in [1.165, 1.54) is 26.2 Å². The number of hydrogen-bond donors (Lipinski definition) is 1. The predicted molar refractivity (Wildman–Crippen MR) is 50.1 cm³/mol. The minimum Gasteiger partial charge on any atom is -0.494 e. The molecule has 4 heteroatoms. The van der Waals surface area contributed by atoms with Crippen molar-refractivity contribution in [3.8, 4) is 11.8 Å². The van der Waals surface area contributed by atoms with Crippen molar-refractivity contribution >= 4 is 0 Å². The van der Waals surface area contributed by atoms with Gasteiger partial charge in [-0.25, -0.2) is 4.39 Å². The molecular formula is C10H11FN2O. The van der Waals surface area contributed by atoms with E-state index in [0.29, 0.717) is 5.56 Å². The van der Waals surface area contributed by atoms with E-state index in [1.54, 1.807) is 6.07 Å². The Morgan fingerprint density at radius 3 is 2.64 bits per heavy atom. The Balaban J connectivity index is 3.17. The summed E-state index contributed by atoms with van der Waals surface area (Å²) in [6.07, 6.45) is 0. The van der Waals surface area contributed by atoms with Crippen molar-refractivity contribution < 1.29 is 9.13 Å². The third kappa shape index (κ3) is 1.83. The van der Waals surface area contributed by atoms with Gasteiger partial charge < -0.3 is 10.5 Å². The van der Waals surface area contributed by atoms with Crippen LogP contribution in [0.25, 0.3) is 0 Å².